The van der Waals surface area contributed by atoms with E-state index in [1.807, 2.05) is 12.1 Å². The van der Waals surface area contributed by atoms with Crippen LogP contribution in [0.3, 0.4) is 0 Å². The minimum atomic E-state index is 0. The maximum Gasteiger partial charge on any atom is 1.00 e. The number of nitrogens with two attached hydrogens (primary N) is 3. The van der Waals surface area contributed by atoms with E-state index >= 15 is 0 Å². The van der Waals surface area contributed by atoms with Gasteiger partial charge in [0.1, 0.15) is 5.82 Å². The first kappa shape index (κ1) is 21.7. The van der Waals surface area contributed by atoms with Crippen molar-refractivity contribution < 1.29 is 29.6 Å². The first-order valence-corrected chi connectivity index (χ1v) is 5.72. The molecule has 0 amide bonds. The Morgan fingerprint density at radius 3 is 2.25 bits per heavy atom. The Morgan fingerprint density at radius 1 is 1.10 bits per heavy atom. The predicted molar refractivity (Wildman–Crippen MR) is 86.5 cm³/mol. The van der Waals surface area contributed by atoms with Crippen molar-refractivity contribution in [3.8, 4) is 0 Å². The molecule has 4 radical (unpaired) electrons. The summed E-state index contributed by atoms with van der Waals surface area (Å²) in [5.41, 5.74) is 20.5. The smallest absolute Gasteiger partial charge is 1.00 e. The number of halogens is 1. The molecule has 4 nitrogen and oxygen atoms in total. The van der Waals surface area contributed by atoms with Crippen molar-refractivity contribution >= 4 is 48.9 Å². The summed E-state index contributed by atoms with van der Waals surface area (Å²) in [6.45, 7) is 4.34. The van der Waals surface area contributed by atoms with Crippen molar-refractivity contribution in [1.82, 2.24) is 4.98 Å². The zero-order chi connectivity index (χ0) is 12.6. The quantitative estimate of drug-likeness (QED) is 0.635. The monoisotopic (exact) mass is 300 g/mol. The topological polar surface area (TPSA) is 90.9 Å². The maximum absolute atomic E-state index is 6.05. The van der Waals surface area contributed by atoms with Crippen LogP contribution in [-0.4, -0.2) is 13.4 Å². The molecule has 0 saturated carbocycles. The number of rotatable bonds is 2. The fourth-order valence-corrected chi connectivity index (χ4v) is 2.06. The van der Waals surface area contributed by atoms with E-state index in [-0.39, 0.29) is 50.4 Å². The first-order valence-electron chi connectivity index (χ1n) is 5.72. The van der Waals surface area contributed by atoms with Crippen LogP contribution in [-0.2, 0) is 6.42 Å². The summed E-state index contributed by atoms with van der Waals surface area (Å²) in [4.78, 5) is 4.28. The van der Waals surface area contributed by atoms with Crippen molar-refractivity contribution in [3.63, 3.8) is 0 Å². The molecule has 1 aromatic carbocycles. The number of nitrogen functional groups attached to an aromatic ring is 3. The molecule has 0 aliphatic heterocycles. The average Bonchev–Trinajstić information content (AvgIpc) is 2.25. The molecule has 7 heteroatoms. The van der Waals surface area contributed by atoms with Crippen LogP contribution in [0.25, 0.3) is 10.9 Å². The molecule has 0 saturated heterocycles. The zero-order valence-electron chi connectivity index (χ0n) is 12.2. The van der Waals surface area contributed by atoms with Gasteiger partial charge in [-0.25, -0.2) is 4.98 Å². The van der Waals surface area contributed by atoms with E-state index in [0.29, 0.717) is 23.1 Å². The number of hydrogen-bond acceptors (Lipinski definition) is 4. The summed E-state index contributed by atoms with van der Waals surface area (Å²) < 4.78 is 0. The van der Waals surface area contributed by atoms with E-state index in [2.05, 4.69) is 24.9 Å². The van der Waals surface area contributed by atoms with Gasteiger partial charge in [-0.3, -0.25) is 0 Å². The molecule has 20 heavy (non-hydrogen) atoms. The maximum atomic E-state index is 6.05. The van der Waals surface area contributed by atoms with E-state index in [1.54, 1.807) is 0 Å². The molecule has 2 aromatic rings. The Kier molecular flexibility index (Phi) is 9.35. The summed E-state index contributed by atoms with van der Waals surface area (Å²) >= 11 is 0. The Morgan fingerprint density at radius 2 is 1.70 bits per heavy atom. The van der Waals surface area contributed by atoms with E-state index in [0.717, 1.165) is 17.3 Å². The van der Waals surface area contributed by atoms with Gasteiger partial charge in [0.25, 0.3) is 0 Å². The summed E-state index contributed by atoms with van der Waals surface area (Å²) in [5, 5.41) is 0.938. The second kappa shape index (κ2) is 8.62. The normalized spacial score (nSPS) is 9.55. The molecular formula is C13H19BClN4Na. The van der Waals surface area contributed by atoms with Gasteiger partial charge in [0.2, 0.25) is 0 Å². The molecule has 2 rings (SSSR count). The minimum absolute atomic E-state index is 0. The number of aromatic nitrogens is 1. The standard InChI is InChI=1S/C13H18N4.B.ClH.Na/c1-7(2)6-8-4-3-5-9-10(8)11(14)12(15)13(16)17-9;;;/h3-5,7H,6,15H2,1-2H3,(H4,14,16,17);;1H;/q;-1;;+1. The van der Waals surface area contributed by atoms with Crippen LogP contribution in [0.15, 0.2) is 18.2 Å². The molecule has 0 unspecified atom stereocenters. The van der Waals surface area contributed by atoms with Gasteiger partial charge in [0.15, 0.2) is 0 Å². The van der Waals surface area contributed by atoms with Crippen LogP contribution in [0.4, 0.5) is 17.2 Å². The number of benzene rings is 1. The molecule has 0 spiro atoms. The van der Waals surface area contributed by atoms with Crippen LogP contribution < -0.4 is 46.8 Å². The first-order chi connectivity index (χ1) is 8.00. The minimum Gasteiger partial charge on any atom is -1.00 e. The molecule has 0 atom stereocenters. The third-order valence-electron chi connectivity index (χ3n) is 2.83. The third-order valence-corrected chi connectivity index (χ3v) is 2.83. The SMILES string of the molecule is CC(C)Cc1cccc2nc(N)c(N)c(N)c12.Cl.[B-].[Na+]. The second-order valence-electron chi connectivity index (χ2n) is 4.73. The zero-order valence-corrected chi connectivity index (χ0v) is 15.0. The Hall–Kier alpha value is -0.615. The van der Waals surface area contributed by atoms with Crippen LogP contribution in [0, 0.1) is 5.92 Å². The number of pyridine rings is 1. The Balaban J connectivity index is 0. The molecule has 0 fully saturated rings. The number of hydrogen-bond donors (Lipinski definition) is 3. The Labute approximate surface area is 150 Å². The van der Waals surface area contributed by atoms with Gasteiger partial charge in [0, 0.05) is 5.39 Å². The van der Waals surface area contributed by atoms with Gasteiger partial charge >= 0.3 is 29.6 Å². The molecule has 0 aliphatic carbocycles. The molecule has 1 heterocycles. The van der Waals surface area contributed by atoms with Crippen molar-refractivity contribution in [2.24, 2.45) is 5.92 Å². The van der Waals surface area contributed by atoms with Gasteiger partial charge in [-0.15, -0.1) is 12.4 Å². The van der Waals surface area contributed by atoms with E-state index in [4.69, 9.17) is 17.2 Å². The van der Waals surface area contributed by atoms with Gasteiger partial charge < -0.3 is 25.6 Å². The summed E-state index contributed by atoms with van der Waals surface area (Å²) in [6.07, 6.45) is 0.951. The van der Waals surface area contributed by atoms with Crippen molar-refractivity contribution in [2.75, 3.05) is 17.2 Å². The fraction of sp³-hybridized carbons (Fsp3) is 0.308. The van der Waals surface area contributed by atoms with Gasteiger partial charge in [-0.05, 0) is 24.0 Å². The van der Waals surface area contributed by atoms with Crippen LogP contribution >= 0.6 is 12.4 Å². The van der Waals surface area contributed by atoms with Crippen LogP contribution in [0.2, 0.25) is 0 Å². The van der Waals surface area contributed by atoms with E-state index in [9.17, 15) is 0 Å². The summed E-state index contributed by atoms with van der Waals surface area (Å²) in [6, 6.07) is 5.95. The van der Waals surface area contributed by atoms with Crippen molar-refractivity contribution in [2.45, 2.75) is 20.3 Å². The third kappa shape index (κ3) is 4.19. The summed E-state index contributed by atoms with van der Waals surface area (Å²) in [7, 11) is 0. The second-order valence-corrected chi connectivity index (χ2v) is 4.73. The molecule has 0 aliphatic rings. The van der Waals surface area contributed by atoms with Crippen LogP contribution in [0.5, 0.6) is 0 Å². The Bertz CT molecular complexity index is 578. The van der Waals surface area contributed by atoms with Gasteiger partial charge in [-0.1, -0.05) is 26.0 Å². The van der Waals surface area contributed by atoms with Crippen molar-refractivity contribution in [1.29, 1.82) is 0 Å². The molecule has 102 valence electrons. The van der Waals surface area contributed by atoms with E-state index < -0.39 is 0 Å². The average molecular weight is 301 g/mol. The molecule has 1 aromatic heterocycles. The molecule has 0 bridgehead atoms. The van der Waals surface area contributed by atoms with Crippen LogP contribution in [0.1, 0.15) is 19.4 Å². The van der Waals surface area contributed by atoms with E-state index in [1.165, 1.54) is 5.56 Å². The predicted octanol–water partition coefficient (Wildman–Crippen LogP) is -0.775. The van der Waals surface area contributed by atoms with Crippen molar-refractivity contribution in [3.05, 3.63) is 23.8 Å². The van der Waals surface area contributed by atoms with Gasteiger partial charge in [-0.2, -0.15) is 0 Å². The largest absolute Gasteiger partial charge is 1.00 e. The number of anilines is 3. The summed E-state index contributed by atoms with van der Waals surface area (Å²) in [5.74, 6) is 0.857. The number of fused-ring (bicyclic) bond motifs is 1. The fourth-order valence-electron chi connectivity index (χ4n) is 2.06. The van der Waals surface area contributed by atoms with Gasteiger partial charge in [0.05, 0.1) is 16.9 Å². The molecular weight excluding hydrogens is 281 g/mol. The number of nitrogens with zero attached hydrogens (tertiary/aromatic N) is 1. The molecule has 6 N–H and O–H groups in total.